The van der Waals surface area contributed by atoms with Gasteiger partial charge in [-0.25, -0.2) is 4.79 Å². The summed E-state index contributed by atoms with van der Waals surface area (Å²) in [5.41, 5.74) is 1.11. The average Bonchev–Trinajstić information content (AvgIpc) is 3.39. The molecule has 0 aromatic heterocycles. The quantitative estimate of drug-likeness (QED) is 0.381. The predicted molar refractivity (Wildman–Crippen MR) is 152 cm³/mol. The van der Waals surface area contributed by atoms with Crippen molar-refractivity contribution in [2.75, 3.05) is 44.7 Å². The third-order valence-electron chi connectivity index (χ3n) is 7.70. The fraction of sp³-hybridized carbons (Fsp3) is 0.552. The summed E-state index contributed by atoms with van der Waals surface area (Å²) in [7, 11) is 0. The van der Waals surface area contributed by atoms with E-state index in [1.54, 1.807) is 11.8 Å². The second kappa shape index (κ2) is 14.0. The zero-order valence-corrected chi connectivity index (χ0v) is 23.0. The summed E-state index contributed by atoms with van der Waals surface area (Å²) in [6.07, 6.45) is 5.92. The number of carboxylic acids is 1. The highest BCUT2D eigenvalue weighted by Crippen LogP contribution is 2.26. The largest absolute Gasteiger partial charge is 0.480 e. The van der Waals surface area contributed by atoms with Gasteiger partial charge in [-0.1, -0.05) is 42.5 Å². The van der Waals surface area contributed by atoms with Gasteiger partial charge in [-0.3, -0.25) is 14.5 Å². The highest BCUT2D eigenvalue weighted by molar-refractivity contribution is 7.98. The molecule has 8 nitrogen and oxygen atoms in total. The molecule has 0 unspecified atom stereocenters. The van der Waals surface area contributed by atoms with E-state index in [-0.39, 0.29) is 30.3 Å². The third kappa shape index (κ3) is 7.48. The summed E-state index contributed by atoms with van der Waals surface area (Å²) in [6, 6.07) is 13.5. The smallest absolute Gasteiger partial charge is 0.326 e. The average molecular weight is 541 g/mol. The predicted octanol–water partition coefficient (Wildman–Crippen LogP) is 2.95. The first kappa shape index (κ1) is 28.4. The second-order valence-electron chi connectivity index (χ2n) is 10.4. The molecular formula is C29H40N4O4S. The van der Waals surface area contributed by atoms with Crippen LogP contribution < -0.4 is 10.6 Å². The van der Waals surface area contributed by atoms with E-state index >= 15 is 0 Å². The van der Waals surface area contributed by atoms with E-state index in [4.69, 9.17) is 0 Å². The van der Waals surface area contributed by atoms with E-state index in [9.17, 15) is 19.5 Å². The number of benzene rings is 2. The van der Waals surface area contributed by atoms with Gasteiger partial charge in [0.1, 0.15) is 6.04 Å². The van der Waals surface area contributed by atoms with Crippen LogP contribution in [-0.2, 0) is 20.9 Å². The van der Waals surface area contributed by atoms with E-state index < -0.39 is 12.0 Å². The molecule has 2 atom stereocenters. The van der Waals surface area contributed by atoms with Crippen LogP contribution in [0.3, 0.4) is 0 Å². The molecule has 0 radical (unpaired) electrons. The molecule has 2 aliphatic rings. The SMILES string of the molecule is CSCC[C@H](NC(=O)CN(Cc1cccc2ccccc12)C[C@@H]1CCCN1C(=O)C1CCNCC1)C(=O)O. The van der Waals surface area contributed by atoms with Crippen LogP contribution in [0.15, 0.2) is 42.5 Å². The first-order chi connectivity index (χ1) is 18.5. The Morgan fingerprint density at radius 3 is 2.66 bits per heavy atom. The zero-order valence-electron chi connectivity index (χ0n) is 22.2. The van der Waals surface area contributed by atoms with Crippen molar-refractivity contribution >= 4 is 40.3 Å². The molecule has 206 valence electrons. The Bertz CT molecular complexity index is 1100. The Morgan fingerprint density at radius 1 is 1.13 bits per heavy atom. The number of fused-ring (bicyclic) bond motifs is 1. The lowest BCUT2D eigenvalue weighted by atomic mass is 9.96. The molecule has 3 N–H and O–H groups in total. The van der Waals surface area contributed by atoms with Gasteiger partial charge in [0.05, 0.1) is 6.54 Å². The lowest BCUT2D eigenvalue weighted by Gasteiger charge is -2.34. The van der Waals surface area contributed by atoms with Gasteiger partial charge in [-0.15, -0.1) is 0 Å². The van der Waals surface area contributed by atoms with Gasteiger partial charge >= 0.3 is 5.97 Å². The van der Waals surface area contributed by atoms with E-state index in [1.807, 2.05) is 29.4 Å². The molecule has 9 heteroatoms. The maximum absolute atomic E-state index is 13.4. The van der Waals surface area contributed by atoms with Gasteiger partial charge in [0, 0.05) is 31.6 Å². The number of aliphatic carboxylic acids is 1. The minimum Gasteiger partial charge on any atom is -0.480 e. The van der Waals surface area contributed by atoms with Crippen molar-refractivity contribution in [3.05, 3.63) is 48.0 Å². The van der Waals surface area contributed by atoms with Crippen molar-refractivity contribution < 1.29 is 19.5 Å². The highest BCUT2D eigenvalue weighted by atomic mass is 32.2. The number of nitrogens with zero attached hydrogens (tertiary/aromatic N) is 2. The number of hydrogen-bond acceptors (Lipinski definition) is 6. The fourth-order valence-corrected chi connectivity index (χ4v) is 6.18. The van der Waals surface area contributed by atoms with Crippen molar-refractivity contribution in [1.29, 1.82) is 0 Å². The molecule has 2 aliphatic heterocycles. The van der Waals surface area contributed by atoms with Crippen LogP contribution >= 0.6 is 11.8 Å². The van der Waals surface area contributed by atoms with Crippen molar-refractivity contribution in [3.63, 3.8) is 0 Å². The molecule has 0 saturated carbocycles. The Kier molecular flexibility index (Phi) is 10.4. The molecule has 2 amide bonds. The summed E-state index contributed by atoms with van der Waals surface area (Å²) >= 11 is 1.56. The Balaban J connectivity index is 1.51. The number of piperidine rings is 1. The molecule has 2 saturated heterocycles. The summed E-state index contributed by atoms with van der Waals surface area (Å²) in [6.45, 7) is 3.72. The summed E-state index contributed by atoms with van der Waals surface area (Å²) in [5, 5.41) is 17.9. The first-order valence-electron chi connectivity index (χ1n) is 13.7. The minimum atomic E-state index is -1.01. The summed E-state index contributed by atoms with van der Waals surface area (Å²) in [5.74, 6) is -0.339. The van der Waals surface area contributed by atoms with Crippen molar-refractivity contribution in [3.8, 4) is 0 Å². The van der Waals surface area contributed by atoms with Crippen LogP contribution in [0.1, 0.15) is 37.7 Å². The number of carbonyl (C=O) groups excluding carboxylic acids is 2. The van der Waals surface area contributed by atoms with E-state index in [1.165, 1.54) is 0 Å². The fourth-order valence-electron chi connectivity index (χ4n) is 5.71. The van der Waals surface area contributed by atoms with E-state index in [0.29, 0.717) is 25.3 Å². The highest BCUT2D eigenvalue weighted by Gasteiger charge is 2.35. The zero-order chi connectivity index (χ0) is 26.9. The van der Waals surface area contributed by atoms with Crippen LogP contribution in [0.4, 0.5) is 0 Å². The van der Waals surface area contributed by atoms with Crippen molar-refractivity contribution in [2.45, 2.75) is 50.7 Å². The van der Waals surface area contributed by atoms with Crippen molar-refractivity contribution in [1.82, 2.24) is 20.4 Å². The monoisotopic (exact) mass is 540 g/mol. The molecule has 2 heterocycles. The number of amides is 2. The van der Waals surface area contributed by atoms with E-state index in [0.717, 1.165) is 61.7 Å². The number of hydrogen-bond donors (Lipinski definition) is 3. The maximum Gasteiger partial charge on any atom is 0.326 e. The Hall–Kier alpha value is -2.62. The minimum absolute atomic E-state index is 0.0481. The van der Waals surface area contributed by atoms with Crippen LogP contribution in [0.5, 0.6) is 0 Å². The van der Waals surface area contributed by atoms with Gasteiger partial charge in [0.2, 0.25) is 11.8 Å². The number of thioether (sulfide) groups is 1. The number of likely N-dealkylation sites (tertiary alicyclic amines) is 1. The topological polar surface area (TPSA) is 102 Å². The summed E-state index contributed by atoms with van der Waals surface area (Å²) in [4.78, 5) is 42.4. The van der Waals surface area contributed by atoms with Crippen molar-refractivity contribution in [2.24, 2.45) is 5.92 Å². The lowest BCUT2D eigenvalue weighted by Crippen LogP contribution is -2.50. The normalized spacial score (nSPS) is 19.1. The molecule has 2 aromatic rings. The van der Waals surface area contributed by atoms with Crippen LogP contribution in [0.2, 0.25) is 0 Å². The molecule has 2 fully saturated rings. The molecular weight excluding hydrogens is 500 g/mol. The van der Waals surface area contributed by atoms with Gasteiger partial charge in [0.25, 0.3) is 0 Å². The standard InChI is InChI=1S/C29H40N4O4S/c1-38-17-13-26(29(36)37)31-27(34)20-32(18-23-8-4-7-21-6-2-3-10-25(21)23)19-24-9-5-16-33(24)28(35)22-11-14-30-15-12-22/h2-4,6-8,10,22,24,26,30H,5,9,11-20H2,1H3,(H,31,34)(H,36,37)/t24-,26-/m0/s1. The molecule has 38 heavy (non-hydrogen) atoms. The van der Waals surface area contributed by atoms with Crippen LogP contribution in [-0.4, -0.2) is 89.5 Å². The molecule has 2 aromatic carbocycles. The van der Waals surface area contributed by atoms with Gasteiger partial charge < -0.3 is 20.6 Å². The molecule has 0 bridgehead atoms. The van der Waals surface area contributed by atoms with Gasteiger partial charge in [-0.2, -0.15) is 11.8 Å². The molecule has 0 spiro atoms. The maximum atomic E-state index is 13.4. The number of nitrogens with one attached hydrogen (secondary N) is 2. The summed E-state index contributed by atoms with van der Waals surface area (Å²) < 4.78 is 0. The number of carbonyl (C=O) groups is 3. The van der Waals surface area contributed by atoms with E-state index in [2.05, 4.69) is 39.8 Å². The Morgan fingerprint density at radius 2 is 1.89 bits per heavy atom. The van der Waals surface area contributed by atoms with Gasteiger partial charge in [-0.05, 0) is 73.5 Å². The second-order valence-corrected chi connectivity index (χ2v) is 11.4. The first-order valence-corrected chi connectivity index (χ1v) is 15.1. The number of rotatable bonds is 12. The van der Waals surface area contributed by atoms with Gasteiger partial charge in [0.15, 0.2) is 0 Å². The Labute approximate surface area is 229 Å². The molecule has 0 aliphatic carbocycles. The molecule has 4 rings (SSSR count). The third-order valence-corrected chi connectivity index (χ3v) is 8.35. The number of carboxylic acid groups (broad SMARTS) is 1. The van der Waals surface area contributed by atoms with Crippen LogP contribution in [0, 0.1) is 5.92 Å². The van der Waals surface area contributed by atoms with Crippen LogP contribution in [0.25, 0.3) is 10.8 Å². The lowest BCUT2D eigenvalue weighted by molar-refractivity contribution is -0.142.